The Labute approximate surface area is 151 Å². The van der Waals surface area contributed by atoms with Gasteiger partial charge in [-0.25, -0.2) is 0 Å². The number of anilines is 2. The van der Waals surface area contributed by atoms with Crippen molar-refractivity contribution < 1.29 is 9.59 Å². The van der Waals surface area contributed by atoms with Crippen molar-refractivity contribution in [2.24, 2.45) is 5.41 Å². The van der Waals surface area contributed by atoms with Crippen molar-refractivity contribution in [3.63, 3.8) is 0 Å². The van der Waals surface area contributed by atoms with Gasteiger partial charge in [0, 0.05) is 25.4 Å². The number of carbonyl (C=O) groups excluding carboxylic acids is 2. The highest BCUT2D eigenvalue weighted by molar-refractivity contribution is 6.05. The van der Waals surface area contributed by atoms with E-state index in [1.54, 1.807) is 11.8 Å². The van der Waals surface area contributed by atoms with E-state index >= 15 is 0 Å². The van der Waals surface area contributed by atoms with Crippen LogP contribution in [0.5, 0.6) is 0 Å². The third-order valence-electron chi connectivity index (χ3n) is 4.89. The molecule has 0 aliphatic carbocycles. The van der Waals surface area contributed by atoms with Crippen LogP contribution in [0, 0.1) is 19.3 Å². The first-order chi connectivity index (χ1) is 11.4. The predicted molar refractivity (Wildman–Crippen MR) is 103 cm³/mol. The number of rotatable bonds is 3. The lowest BCUT2D eigenvalue weighted by molar-refractivity contribution is -0.123. The molecule has 1 aliphatic rings. The summed E-state index contributed by atoms with van der Waals surface area (Å²) in [7, 11) is 4.09. The summed E-state index contributed by atoms with van der Waals surface area (Å²) in [5.41, 5.74) is 5.90. The average Bonchev–Trinajstić information content (AvgIpc) is 2.91. The van der Waals surface area contributed by atoms with Crippen LogP contribution in [0.1, 0.15) is 49.9 Å². The molecule has 1 aliphatic heterocycles. The van der Waals surface area contributed by atoms with E-state index in [4.69, 9.17) is 0 Å². The molecule has 1 aromatic carbocycles. The number of nitrogens with zero attached hydrogens (tertiary/aromatic N) is 2. The number of amides is 2. The molecule has 1 N–H and O–H groups in total. The van der Waals surface area contributed by atoms with Gasteiger partial charge in [-0.1, -0.05) is 20.8 Å². The van der Waals surface area contributed by atoms with Crippen molar-refractivity contribution in [2.45, 2.75) is 54.5 Å². The fourth-order valence-electron chi connectivity index (χ4n) is 3.38. The maximum atomic E-state index is 12.7. The molecule has 2 amide bonds. The van der Waals surface area contributed by atoms with Crippen LogP contribution in [-0.4, -0.2) is 37.4 Å². The van der Waals surface area contributed by atoms with Gasteiger partial charge in [0.15, 0.2) is 0 Å². The molecule has 25 heavy (non-hydrogen) atoms. The van der Waals surface area contributed by atoms with Gasteiger partial charge in [-0.2, -0.15) is 0 Å². The number of hydrogen-bond acceptors (Lipinski definition) is 3. The lowest BCUT2D eigenvalue weighted by atomic mass is 9.91. The van der Waals surface area contributed by atoms with E-state index in [1.807, 2.05) is 41.8 Å². The van der Waals surface area contributed by atoms with E-state index in [0.29, 0.717) is 6.54 Å². The molecule has 0 saturated heterocycles. The summed E-state index contributed by atoms with van der Waals surface area (Å²) < 4.78 is 0. The Kier molecular flexibility index (Phi) is 5.28. The van der Waals surface area contributed by atoms with Crippen molar-refractivity contribution in [2.75, 3.05) is 30.9 Å². The molecule has 0 unspecified atom stereocenters. The Morgan fingerprint density at radius 2 is 1.76 bits per heavy atom. The molecule has 0 spiro atoms. The summed E-state index contributed by atoms with van der Waals surface area (Å²) >= 11 is 0. The highest BCUT2D eigenvalue weighted by atomic mass is 16.2. The minimum absolute atomic E-state index is 0.0177. The number of carbonyl (C=O) groups is 2. The second-order valence-electron chi connectivity index (χ2n) is 8.29. The van der Waals surface area contributed by atoms with Crippen LogP contribution in [0.3, 0.4) is 0 Å². The zero-order chi connectivity index (χ0) is 19.1. The van der Waals surface area contributed by atoms with E-state index in [1.165, 1.54) is 16.7 Å². The van der Waals surface area contributed by atoms with Gasteiger partial charge < -0.3 is 15.1 Å². The van der Waals surface area contributed by atoms with Crippen molar-refractivity contribution in [1.29, 1.82) is 0 Å². The van der Waals surface area contributed by atoms with Gasteiger partial charge in [-0.3, -0.25) is 9.59 Å². The first-order valence-electron chi connectivity index (χ1n) is 8.84. The fourth-order valence-corrected chi connectivity index (χ4v) is 3.38. The summed E-state index contributed by atoms with van der Waals surface area (Å²) in [6, 6.07) is 0. The minimum Gasteiger partial charge on any atom is -0.324 e. The lowest BCUT2D eigenvalue weighted by Crippen LogP contribution is -2.31. The molecule has 0 atom stereocenters. The summed E-state index contributed by atoms with van der Waals surface area (Å²) in [6.07, 6.45) is 0.833. The Balaban J connectivity index is 2.68. The molecule has 0 fully saturated rings. The van der Waals surface area contributed by atoms with Gasteiger partial charge >= 0.3 is 0 Å². The highest BCUT2D eigenvalue weighted by Crippen LogP contribution is 2.43. The van der Waals surface area contributed by atoms with Crippen LogP contribution >= 0.6 is 0 Å². The van der Waals surface area contributed by atoms with Crippen molar-refractivity contribution in [3.05, 3.63) is 22.3 Å². The minimum atomic E-state index is -0.494. The molecule has 0 radical (unpaired) electrons. The second kappa shape index (κ2) is 6.79. The first-order valence-corrected chi connectivity index (χ1v) is 8.84. The zero-order valence-electron chi connectivity index (χ0n) is 16.8. The summed E-state index contributed by atoms with van der Waals surface area (Å²) in [6.45, 7) is 12.9. The third kappa shape index (κ3) is 3.71. The van der Waals surface area contributed by atoms with E-state index in [2.05, 4.69) is 17.1 Å². The van der Waals surface area contributed by atoms with Crippen LogP contribution < -0.4 is 10.2 Å². The molecule has 2 rings (SSSR count). The number of nitrogens with one attached hydrogen (secondary N) is 1. The van der Waals surface area contributed by atoms with Gasteiger partial charge in [-0.15, -0.1) is 0 Å². The van der Waals surface area contributed by atoms with Crippen LogP contribution in [0.25, 0.3) is 0 Å². The van der Waals surface area contributed by atoms with Gasteiger partial charge in [0.25, 0.3) is 0 Å². The Morgan fingerprint density at radius 3 is 2.24 bits per heavy atom. The lowest BCUT2D eigenvalue weighted by Gasteiger charge is -2.27. The molecule has 0 bridgehead atoms. The topological polar surface area (TPSA) is 52.7 Å². The second-order valence-corrected chi connectivity index (χ2v) is 8.29. The summed E-state index contributed by atoms with van der Waals surface area (Å²) in [4.78, 5) is 28.7. The Morgan fingerprint density at radius 1 is 1.16 bits per heavy atom. The van der Waals surface area contributed by atoms with Crippen LogP contribution in [0.2, 0.25) is 0 Å². The average molecular weight is 345 g/mol. The first kappa shape index (κ1) is 19.4. The van der Waals surface area contributed by atoms with Gasteiger partial charge in [-0.05, 0) is 56.6 Å². The molecule has 5 heteroatoms. The quantitative estimate of drug-likeness (QED) is 0.915. The predicted octanol–water partition coefficient (Wildman–Crippen LogP) is 3.26. The van der Waals surface area contributed by atoms with Crippen LogP contribution in [-0.2, 0) is 22.6 Å². The SMILES string of the molecule is CC(=O)N1CCc2c(C)c(CN(C)C)c(C)c(NC(=O)C(C)(C)C)c21. The molecule has 1 aromatic rings. The van der Waals surface area contributed by atoms with Crippen molar-refractivity contribution >= 4 is 23.2 Å². The van der Waals surface area contributed by atoms with Crippen LogP contribution in [0.15, 0.2) is 0 Å². The normalized spacial score (nSPS) is 14.0. The van der Waals surface area contributed by atoms with Crippen molar-refractivity contribution in [1.82, 2.24) is 4.90 Å². The molecule has 1 heterocycles. The number of benzene rings is 1. The van der Waals surface area contributed by atoms with E-state index in [0.717, 1.165) is 29.9 Å². The number of fused-ring (bicyclic) bond motifs is 1. The van der Waals surface area contributed by atoms with Gasteiger partial charge in [0.2, 0.25) is 11.8 Å². The molecule has 138 valence electrons. The smallest absolute Gasteiger partial charge is 0.229 e. The maximum Gasteiger partial charge on any atom is 0.229 e. The summed E-state index contributed by atoms with van der Waals surface area (Å²) in [5, 5.41) is 3.12. The monoisotopic (exact) mass is 345 g/mol. The molecule has 0 saturated carbocycles. The fraction of sp³-hybridized carbons (Fsp3) is 0.600. The van der Waals surface area contributed by atoms with Crippen LogP contribution in [0.4, 0.5) is 11.4 Å². The Hall–Kier alpha value is -1.88. The van der Waals surface area contributed by atoms with Crippen molar-refractivity contribution in [3.8, 4) is 0 Å². The van der Waals surface area contributed by atoms with E-state index in [-0.39, 0.29) is 11.8 Å². The number of hydrogen-bond donors (Lipinski definition) is 1. The molecule has 0 aromatic heterocycles. The Bertz CT molecular complexity index is 715. The zero-order valence-corrected chi connectivity index (χ0v) is 16.8. The van der Waals surface area contributed by atoms with E-state index < -0.39 is 5.41 Å². The van der Waals surface area contributed by atoms with Gasteiger partial charge in [0.05, 0.1) is 11.4 Å². The maximum absolute atomic E-state index is 12.7. The summed E-state index contributed by atoms with van der Waals surface area (Å²) in [5.74, 6) is -0.0166. The largest absolute Gasteiger partial charge is 0.324 e. The van der Waals surface area contributed by atoms with E-state index in [9.17, 15) is 9.59 Å². The standard InChI is InChI=1S/C20H31N3O2/c1-12-15-9-10-23(14(3)24)18(15)17(21-19(25)20(4,5)6)13(2)16(12)11-22(7)8/h9-11H2,1-8H3,(H,21,25). The van der Waals surface area contributed by atoms with Gasteiger partial charge in [0.1, 0.15) is 0 Å². The molecular formula is C20H31N3O2. The third-order valence-corrected chi connectivity index (χ3v) is 4.89. The highest BCUT2D eigenvalue weighted by Gasteiger charge is 2.32. The molecule has 5 nitrogen and oxygen atoms in total. The molecular weight excluding hydrogens is 314 g/mol.